The van der Waals surface area contributed by atoms with Crippen LogP contribution in [-0.4, -0.2) is 13.0 Å². The van der Waals surface area contributed by atoms with Crippen molar-refractivity contribution in [2.75, 3.05) is 12.4 Å². The van der Waals surface area contributed by atoms with Gasteiger partial charge < -0.3 is 10.1 Å². The number of anilines is 1. The van der Waals surface area contributed by atoms with Crippen LogP contribution in [0.4, 0.5) is 5.69 Å². The lowest BCUT2D eigenvalue weighted by Gasteiger charge is -2.10. The van der Waals surface area contributed by atoms with Gasteiger partial charge in [0.2, 0.25) is 0 Å². The van der Waals surface area contributed by atoms with Crippen molar-refractivity contribution in [3.05, 3.63) is 83.4 Å². The van der Waals surface area contributed by atoms with Gasteiger partial charge in [0.1, 0.15) is 5.75 Å². The molecule has 0 bridgehead atoms. The van der Waals surface area contributed by atoms with Crippen molar-refractivity contribution in [2.45, 2.75) is 0 Å². The summed E-state index contributed by atoms with van der Waals surface area (Å²) in [5.74, 6) is 0.599. The minimum atomic E-state index is -0.172. The summed E-state index contributed by atoms with van der Waals surface area (Å²) in [5.41, 5.74) is 3.15. The number of carbonyl (C=O) groups is 1. The Labute approximate surface area is 145 Å². The molecule has 0 heterocycles. The highest BCUT2D eigenvalue weighted by Crippen LogP contribution is 2.30. The average Bonchev–Trinajstić information content (AvgIpc) is 2.63. The Bertz CT molecular complexity index is 860. The fraction of sp³-hybridized carbons (Fsp3) is 0.0500. The van der Waals surface area contributed by atoms with E-state index in [0.29, 0.717) is 16.3 Å². The zero-order chi connectivity index (χ0) is 16.9. The number of carbonyl (C=O) groups excluding carboxylic acids is 1. The summed E-state index contributed by atoms with van der Waals surface area (Å²) in [6.07, 6.45) is 0. The van der Waals surface area contributed by atoms with E-state index in [4.69, 9.17) is 16.3 Å². The van der Waals surface area contributed by atoms with Crippen molar-refractivity contribution in [3.8, 4) is 16.9 Å². The Kier molecular flexibility index (Phi) is 4.82. The number of halogens is 1. The molecule has 0 aromatic heterocycles. The second-order valence-electron chi connectivity index (χ2n) is 5.24. The van der Waals surface area contributed by atoms with E-state index in [-0.39, 0.29) is 5.91 Å². The first-order chi connectivity index (χ1) is 11.7. The number of rotatable bonds is 4. The van der Waals surface area contributed by atoms with Crippen molar-refractivity contribution in [3.63, 3.8) is 0 Å². The maximum absolute atomic E-state index is 12.5. The third-order valence-electron chi connectivity index (χ3n) is 3.64. The van der Waals surface area contributed by atoms with Gasteiger partial charge in [-0.3, -0.25) is 4.79 Å². The molecule has 3 aromatic rings. The van der Waals surface area contributed by atoms with Gasteiger partial charge in [-0.25, -0.2) is 0 Å². The van der Waals surface area contributed by atoms with Crippen LogP contribution < -0.4 is 10.1 Å². The Hall–Kier alpha value is -2.78. The number of hydrogen-bond donors (Lipinski definition) is 1. The molecule has 4 heteroatoms. The van der Waals surface area contributed by atoms with E-state index < -0.39 is 0 Å². The van der Waals surface area contributed by atoms with Crippen LogP contribution in [0.1, 0.15) is 10.4 Å². The molecule has 0 radical (unpaired) electrons. The molecule has 0 fully saturated rings. The molecule has 24 heavy (non-hydrogen) atoms. The van der Waals surface area contributed by atoms with Crippen LogP contribution in [0.2, 0.25) is 5.02 Å². The molecule has 0 saturated carbocycles. The number of ether oxygens (including phenoxy) is 1. The molecule has 0 aliphatic heterocycles. The number of nitrogens with one attached hydrogen (secondary N) is 1. The largest absolute Gasteiger partial charge is 0.496 e. The van der Waals surface area contributed by atoms with Crippen molar-refractivity contribution in [2.24, 2.45) is 0 Å². The van der Waals surface area contributed by atoms with Crippen molar-refractivity contribution in [1.29, 1.82) is 0 Å². The van der Waals surface area contributed by atoms with E-state index in [1.807, 2.05) is 42.5 Å². The van der Waals surface area contributed by atoms with E-state index in [2.05, 4.69) is 5.32 Å². The highest BCUT2D eigenvalue weighted by molar-refractivity contribution is 6.30. The zero-order valence-electron chi connectivity index (χ0n) is 13.1. The molecular weight excluding hydrogens is 322 g/mol. The molecule has 0 spiro atoms. The van der Waals surface area contributed by atoms with Crippen molar-refractivity contribution >= 4 is 23.2 Å². The molecule has 0 atom stereocenters. The molecule has 0 aliphatic rings. The molecule has 3 rings (SSSR count). The van der Waals surface area contributed by atoms with E-state index in [0.717, 1.165) is 16.9 Å². The first-order valence-electron chi connectivity index (χ1n) is 7.48. The topological polar surface area (TPSA) is 38.3 Å². The van der Waals surface area contributed by atoms with Crippen LogP contribution in [0.3, 0.4) is 0 Å². The van der Waals surface area contributed by atoms with Gasteiger partial charge in [-0.15, -0.1) is 0 Å². The van der Waals surface area contributed by atoms with E-state index in [1.54, 1.807) is 37.4 Å². The third-order valence-corrected chi connectivity index (χ3v) is 3.90. The van der Waals surface area contributed by atoms with Crippen molar-refractivity contribution < 1.29 is 9.53 Å². The van der Waals surface area contributed by atoms with Gasteiger partial charge in [0.05, 0.1) is 7.11 Å². The second-order valence-corrected chi connectivity index (χ2v) is 5.68. The van der Waals surface area contributed by atoms with E-state index >= 15 is 0 Å². The predicted molar refractivity (Wildman–Crippen MR) is 97.8 cm³/mol. The SMILES string of the molecule is COc1ccccc1-c1cccc(C(=O)Nc2ccc(Cl)cc2)c1. The molecule has 120 valence electrons. The molecular formula is C20H16ClNO2. The minimum absolute atomic E-state index is 0.172. The fourth-order valence-corrected chi connectivity index (χ4v) is 2.57. The van der Waals surface area contributed by atoms with Gasteiger partial charge in [0, 0.05) is 21.8 Å². The number of hydrogen-bond acceptors (Lipinski definition) is 2. The van der Waals surface area contributed by atoms with E-state index in [9.17, 15) is 4.79 Å². The summed E-state index contributed by atoms with van der Waals surface area (Å²) in [6.45, 7) is 0. The molecule has 3 nitrogen and oxygen atoms in total. The first kappa shape index (κ1) is 16.1. The smallest absolute Gasteiger partial charge is 0.255 e. The maximum Gasteiger partial charge on any atom is 0.255 e. The van der Waals surface area contributed by atoms with Crippen LogP contribution in [0.25, 0.3) is 11.1 Å². The molecule has 0 aliphatic carbocycles. The number of para-hydroxylation sites is 1. The fourth-order valence-electron chi connectivity index (χ4n) is 2.45. The number of amides is 1. The standard InChI is InChI=1S/C20H16ClNO2/c1-24-19-8-3-2-7-18(19)14-5-4-6-15(13-14)20(23)22-17-11-9-16(21)10-12-17/h2-13H,1H3,(H,22,23). The number of methoxy groups -OCH3 is 1. The van der Waals surface area contributed by atoms with Gasteiger partial charge in [0.15, 0.2) is 0 Å². The Morgan fingerprint density at radius 3 is 2.46 bits per heavy atom. The van der Waals surface area contributed by atoms with Crippen LogP contribution in [0.5, 0.6) is 5.75 Å². The highest BCUT2D eigenvalue weighted by Gasteiger charge is 2.10. The summed E-state index contributed by atoms with van der Waals surface area (Å²) in [7, 11) is 1.63. The summed E-state index contributed by atoms with van der Waals surface area (Å²) in [5, 5.41) is 3.49. The Balaban J connectivity index is 1.87. The second kappa shape index (κ2) is 7.20. The Morgan fingerprint density at radius 2 is 1.71 bits per heavy atom. The normalized spacial score (nSPS) is 10.2. The van der Waals surface area contributed by atoms with Crippen LogP contribution >= 0.6 is 11.6 Å². The van der Waals surface area contributed by atoms with Gasteiger partial charge in [-0.2, -0.15) is 0 Å². The van der Waals surface area contributed by atoms with Crippen LogP contribution in [-0.2, 0) is 0 Å². The van der Waals surface area contributed by atoms with Gasteiger partial charge in [0.25, 0.3) is 5.91 Å². The molecule has 1 amide bonds. The van der Waals surface area contributed by atoms with Gasteiger partial charge in [-0.1, -0.05) is 41.9 Å². The quantitative estimate of drug-likeness (QED) is 0.704. The molecule has 1 N–H and O–H groups in total. The third kappa shape index (κ3) is 3.58. The first-order valence-corrected chi connectivity index (χ1v) is 7.85. The highest BCUT2D eigenvalue weighted by atomic mass is 35.5. The molecule has 3 aromatic carbocycles. The van der Waals surface area contributed by atoms with Gasteiger partial charge >= 0.3 is 0 Å². The lowest BCUT2D eigenvalue weighted by Crippen LogP contribution is -2.11. The lowest BCUT2D eigenvalue weighted by molar-refractivity contribution is 0.102. The summed E-state index contributed by atoms with van der Waals surface area (Å²) >= 11 is 5.86. The van der Waals surface area contributed by atoms with E-state index in [1.165, 1.54) is 0 Å². The minimum Gasteiger partial charge on any atom is -0.496 e. The summed E-state index contributed by atoms with van der Waals surface area (Å²) in [6, 6.07) is 22.2. The lowest BCUT2D eigenvalue weighted by atomic mass is 10.0. The summed E-state index contributed by atoms with van der Waals surface area (Å²) < 4.78 is 5.39. The molecule has 0 unspecified atom stereocenters. The monoisotopic (exact) mass is 337 g/mol. The average molecular weight is 338 g/mol. The predicted octanol–water partition coefficient (Wildman–Crippen LogP) is 5.27. The maximum atomic E-state index is 12.5. The zero-order valence-corrected chi connectivity index (χ0v) is 13.9. The van der Waals surface area contributed by atoms with Crippen molar-refractivity contribution in [1.82, 2.24) is 0 Å². The summed E-state index contributed by atoms with van der Waals surface area (Å²) in [4.78, 5) is 12.5. The van der Waals surface area contributed by atoms with Gasteiger partial charge in [-0.05, 0) is 48.0 Å². The molecule has 0 saturated heterocycles. The Morgan fingerprint density at radius 1 is 0.958 bits per heavy atom. The number of benzene rings is 3. The van der Waals surface area contributed by atoms with Crippen LogP contribution in [0, 0.1) is 0 Å². The van der Waals surface area contributed by atoms with Crippen LogP contribution in [0.15, 0.2) is 72.8 Å².